The zero-order chi connectivity index (χ0) is 18.4. The maximum atomic E-state index is 14.2. The molecule has 0 aliphatic carbocycles. The molecule has 1 amide bonds. The van der Waals surface area contributed by atoms with Crippen LogP contribution in [0.1, 0.15) is 36.4 Å². The van der Waals surface area contributed by atoms with Crippen LogP contribution < -0.4 is 10.2 Å². The fourth-order valence-corrected chi connectivity index (χ4v) is 3.02. The van der Waals surface area contributed by atoms with Crippen molar-refractivity contribution in [3.05, 3.63) is 40.4 Å². The van der Waals surface area contributed by atoms with Gasteiger partial charge < -0.3 is 14.7 Å². The third-order valence-corrected chi connectivity index (χ3v) is 4.60. The van der Waals surface area contributed by atoms with Crippen molar-refractivity contribution in [2.24, 2.45) is 0 Å². The Balaban J connectivity index is 2.12. The Morgan fingerprint density at radius 1 is 1.36 bits per heavy atom. The largest absolute Gasteiger partial charge is 0.360 e. The van der Waals surface area contributed by atoms with E-state index in [9.17, 15) is 9.18 Å². The number of nitrogens with zero attached hydrogens (tertiary/aromatic N) is 1. The second kappa shape index (κ2) is 8.97. The standard InChI is InChI=1S/C18H23ClFN3O2/c1-4-23(5-2)11-7-10-21-18(24)15-12(3)25-22-17(15)16-13(19)8-6-9-14(16)20/h6,8-9H,4-5,7,10-11H2,1-3H3,(H,21,24)/p+1. The Morgan fingerprint density at radius 3 is 2.72 bits per heavy atom. The summed E-state index contributed by atoms with van der Waals surface area (Å²) in [5.41, 5.74) is 0.438. The van der Waals surface area contributed by atoms with Crippen LogP contribution in [0.15, 0.2) is 22.7 Å². The van der Waals surface area contributed by atoms with Gasteiger partial charge in [0, 0.05) is 13.0 Å². The minimum atomic E-state index is -0.542. The third-order valence-electron chi connectivity index (χ3n) is 4.28. The third kappa shape index (κ3) is 4.58. The van der Waals surface area contributed by atoms with Gasteiger partial charge in [0.05, 0.1) is 30.2 Å². The molecule has 0 unspecified atom stereocenters. The molecule has 2 aromatic rings. The van der Waals surface area contributed by atoms with Crippen LogP contribution in [0.4, 0.5) is 4.39 Å². The molecular formula is C18H24ClFN3O2+. The fraction of sp³-hybridized carbons (Fsp3) is 0.444. The zero-order valence-corrected chi connectivity index (χ0v) is 15.5. The molecule has 0 spiro atoms. The maximum Gasteiger partial charge on any atom is 0.257 e. The summed E-state index contributed by atoms with van der Waals surface area (Å²) in [7, 11) is 0. The van der Waals surface area contributed by atoms with E-state index in [1.54, 1.807) is 13.0 Å². The lowest BCUT2D eigenvalue weighted by molar-refractivity contribution is -0.896. The second-order valence-electron chi connectivity index (χ2n) is 5.88. The van der Waals surface area contributed by atoms with E-state index >= 15 is 0 Å². The lowest BCUT2D eigenvalue weighted by Gasteiger charge is -2.15. The van der Waals surface area contributed by atoms with Crippen LogP contribution in [0.25, 0.3) is 11.3 Å². The number of aromatic nitrogens is 1. The smallest absolute Gasteiger partial charge is 0.257 e. The summed E-state index contributed by atoms with van der Waals surface area (Å²) in [6.07, 6.45) is 0.864. The highest BCUT2D eigenvalue weighted by Crippen LogP contribution is 2.33. The van der Waals surface area contributed by atoms with E-state index in [4.69, 9.17) is 16.1 Å². The summed E-state index contributed by atoms with van der Waals surface area (Å²) >= 11 is 6.09. The number of carbonyl (C=O) groups is 1. The second-order valence-corrected chi connectivity index (χ2v) is 6.28. The minimum absolute atomic E-state index is 0.0822. The van der Waals surface area contributed by atoms with Gasteiger partial charge in [0.25, 0.3) is 5.91 Å². The molecule has 1 aromatic heterocycles. The molecule has 136 valence electrons. The number of carbonyl (C=O) groups excluding carboxylic acids is 1. The van der Waals surface area contributed by atoms with E-state index in [0.29, 0.717) is 12.3 Å². The molecule has 1 heterocycles. The highest BCUT2D eigenvalue weighted by atomic mass is 35.5. The Kier molecular flexibility index (Phi) is 6.96. The normalized spacial score (nSPS) is 11.1. The Morgan fingerprint density at radius 2 is 2.08 bits per heavy atom. The minimum Gasteiger partial charge on any atom is -0.360 e. The van der Waals surface area contributed by atoms with Gasteiger partial charge in [0.15, 0.2) is 0 Å². The summed E-state index contributed by atoms with van der Waals surface area (Å²) in [4.78, 5) is 14.0. The molecule has 0 saturated heterocycles. The number of rotatable bonds is 8. The summed E-state index contributed by atoms with van der Waals surface area (Å²) in [5.74, 6) is -0.538. The van der Waals surface area contributed by atoms with Crippen molar-refractivity contribution in [2.45, 2.75) is 27.2 Å². The SMILES string of the molecule is CC[NH+](CC)CCCNC(=O)c1c(-c2c(F)cccc2Cl)noc1C. The molecule has 2 rings (SSSR count). The number of aryl methyl sites for hydroxylation is 1. The number of benzene rings is 1. The van der Waals surface area contributed by atoms with Crippen LogP contribution in [0.5, 0.6) is 0 Å². The van der Waals surface area contributed by atoms with Crippen molar-refractivity contribution < 1.29 is 18.6 Å². The number of nitrogens with one attached hydrogen (secondary N) is 2. The summed E-state index contributed by atoms with van der Waals surface area (Å²) in [6.45, 7) is 9.56. The van der Waals surface area contributed by atoms with Crippen molar-refractivity contribution in [3.63, 3.8) is 0 Å². The van der Waals surface area contributed by atoms with Crippen LogP contribution in [0, 0.1) is 12.7 Å². The van der Waals surface area contributed by atoms with Crippen LogP contribution in [0.2, 0.25) is 5.02 Å². The van der Waals surface area contributed by atoms with Gasteiger partial charge in [-0.25, -0.2) is 4.39 Å². The maximum absolute atomic E-state index is 14.2. The first-order chi connectivity index (χ1) is 12.0. The molecule has 0 radical (unpaired) electrons. The van der Waals surface area contributed by atoms with Crippen molar-refractivity contribution in [1.82, 2.24) is 10.5 Å². The lowest BCUT2D eigenvalue weighted by atomic mass is 10.0. The van der Waals surface area contributed by atoms with Gasteiger partial charge in [0.2, 0.25) is 0 Å². The van der Waals surface area contributed by atoms with Crippen molar-refractivity contribution in [2.75, 3.05) is 26.2 Å². The first-order valence-corrected chi connectivity index (χ1v) is 8.89. The van der Waals surface area contributed by atoms with Crippen molar-refractivity contribution in [3.8, 4) is 11.3 Å². The summed E-state index contributed by atoms with van der Waals surface area (Å²) in [5, 5.41) is 6.90. The quantitative estimate of drug-likeness (QED) is 0.704. The highest BCUT2D eigenvalue weighted by Gasteiger charge is 2.25. The fourth-order valence-electron chi connectivity index (χ4n) is 2.77. The molecule has 0 fully saturated rings. The van der Waals surface area contributed by atoms with Gasteiger partial charge in [-0.05, 0) is 32.9 Å². The molecule has 2 N–H and O–H groups in total. The average molecular weight is 369 g/mol. The number of hydrogen-bond donors (Lipinski definition) is 2. The molecule has 0 aliphatic rings. The number of halogens is 2. The Hall–Kier alpha value is -1.92. The number of quaternary nitrogens is 1. The monoisotopic (exact) mass is 368 g/mol. The number of hydrogen-bond acceptors (Lipinski definition) is 3. The topological polar surface area (TPSA) is 59.6 Å². The van der Waals surface area contributed by atoms with Gasteiger partial charge in [0.1, 0.15) is 22.8 Å². The van der Waals surface area contributed by atoms with E-state index in [1.807, 2.05) is 0 Å². The van der Waals surface area contributed by atoms with Gasteiger partial charge in [-0.1, -0.05) is 22.8 Å². The molecule has 5 nitrogen and oxygen atoms in total. The van der Waals surface area contributed by atoms with E-state index in [0.717, 1.165) is 26.1 Å². The molecule has 0 atom stereocenters. The van der Waals surface area contributed by atoms with Crippen molar-refractivity contribution >= 4 is 17.5 Å². The Labute approximate surface area is 152 Å². The van der Waals surface area contributed by atoms with Crippen LogP contribution in [0.3, 0.4) is 0 Å². The molecule has 25 heavy (non-hydrogen) atoms. The predicted molar refractivity (Wildman–Crippen MR) is 95.5 cm³/mol. The van der Waals surface area contributed by atoms with Gasteiger partial charge in [-0.2, -0.15) is 0 Å². The van der Waals surface area contributed by atoms with E-state index in [2.05, 4.69) is 24.3 Å². The average Bonchev–Trinajstić information content (AvgIpc) is 2.96. The van der Waals surface area contributed by atoms with Crippen LogP contribution in [-0.2, 0) is 0 Å². The molecule has 7 heteroatoms. The first kappa shape index (κ1) is 19.4. The summed E-state index contributed by atoms with van der Waals surface area (Å²) in [6, 6.07) is 4.34. The first-order valence-electron chi connectivity index (χ1n) is 8.51. The number of amides is 1. The van der Waals surface area contributed by atoms with Gasteiger partial charge >= 0.3 is 0 Å². The molecular weight excluding hydrogens is 345 g/mol. The van der Waals surface area contributed by atoms with Crippen LogP contribution >= 0.6 is 11.6 Å². The van der Waals surface area contributed by atoms with E-state index in [1.165, 1.54) is 17.0 Å². The van der Waals surface area contributed by atoms with Crippen LogP contribution in [-0.4, -0.2) is 37.2 Å². The van der Waals surface area contributed by atoms with E-state index < -0.39 is 5.82 Å². The molecule has 0 bridgehead atoms. The summed E-state index contributed by atoms with van der Waals surface area (Å²) < 4.78 is 19.3. The lowest BCUT2D eigenvalue weighted by Crippen LogP contribution is -3.11. The highest BCUT2D eigenvalue weighted by molar-refractivity contribution is 6.33. The van der Waals surface area contributed by atoms with Gasteiger partial charge in [-0.3, -0.25) is 4.79 Å². The van der Waals surface area contributed by atoms with Gasteiger partial charge in [-0.15, -0.1) is 0 Å². The van der Waals surface area contributed by atoms with Crippen molar-refractivity contribution in [1.29, 1.82) is 0 Å². The molecule has 0 saturated carbocycles. The Bertz CT molecular complexity index is 709. The molecule has 0 aliphatic heterocycles. The molecule has 1 aromatic carbocycles. The zero-order valence-electron chi connectivity index (χ0n) is 14.8. The predicted octanol–water partition coefficient (Wildman–Crippen LogP) is 2.49. The van der Waals surface area contributed by atoms with E-state index in [-0.39, 0.29) is 27.8 Å².